The van der Waals surface area contributed by atoms with E-state index in [2.05, 4.69) is 0 Å². The molecule has 3 N–H and O–H groups in total. The van der Waals surface area contributed by atoms with Gasteiger partial charge in [0.25, 0.3) is 11.7 Å². The lowest BCUT2D eigenvalue weighted by atomic mass is 9.78. The van der Waals surface area contributed by atoms with Crippen LogP contribution in [0.1, 0.15) is 137 Å². The van der Waals surface area contributed by atoms with E-state index in [0.29, 0.717) is 44.1 Å². The fourth-order valence-corrected chi connectivity index (χ4v) is 9.63. The summed E-state index contributed by atoms with van der Waals surface area (Å²) >= 11 is 0. The number of fused-ring (bicyclic) bond motifs is 3. The Morgan fingerprint density at radius 2 is 1.67 bits per heavy atom. The van der Waals surface area contributed by atoms with Gasteiger partial charge in [0.15, 0.2) is 5.78 Å². The van der Waals surface area contributed by atoms with Gasteiger partial charge in [0.2, 0.25) is 5.79 Å². The van der Waals surface area contributed by atoms with Crippen LogP contribution in [0.5, 0.6) is 0 Å². The zero-order valence-electron chi connectivity index (χ0n) is 48.3. The van der Waals surface area contributed by atoms with Gasteiger partial charge in [-0.2, -0.15) is 0 Å². The summed E-state index contributed by atoms with van der Waals surface area (Å²) in [6.07, 6.45) is 2.72. The minimum atomic E-state index is -3.02. The van der Waals surface area contributed by atoms with Crippen LogP contribution in [0, 0.1) is 41.4 Å². The Bertz CT molecular complexity index is 2110. The number of ether oxygens (including phenoxy) is 5. The van der Waals surface area contributed by atoms with Gasteiger partial charge in [0.05, 0.1) is 28.5 Å². The first-order chi connectivity index (χ1) is 34.2. The van der Waals surface area contributed by atoms with E-state index in [4.69, 9.17) is 33.3 Å². The van der Waals surface area contributed by atoms with Crippen molar-refractivity contribution in [2.75, 3.05) is 27.8 Å². The Hall–Kier alpha value is -3.37. The van der Waals surface area contributed by atoms with Crippen molar-refractivity contribution in [3.05, 3.63) is 47.6 Å². The van der Waals surface area contributed by atoms with Crippen LogP contribution in [0.2, 0.25) is 0 Å². The highest BCUT2D eigenvalue weighted by molar-refractivity contribution is 6.39. The molecule has 14 nitrogen and oxygen atoms in total. The molecule has 66 heavy (non-hydrogen) atoms. The molecular weight excluding hydrogens is 847 g/mol. The number of Topliss-reactive ketones (excluding diaryl/α,β-unsaturated/α-hetero) is 3. The largest absolute Gasteiger partial charge is 0.460 e. The quantitative estimate of drug-likeness (QED) is 0.150. The van der Waals surface area contributed by atoms with E-state index in [-0.39, 0.29) is 43.7 Å². The van der Waals surface area contributed by atoms with Gasteiger partial charge in [0.1, 0.15) is 30.1 Å². The predicted octanol–water partition coefficient (Wildman–Crippen LogP) is 6.43. The molecule has 0 aromatic carbocycles. The molecular formula is C52H81NO13. The van der Waals surface area contributed by atoms with E-state index < -0.39 is 140 Å². The fourth-order valence-electron chi connectivity index (χ4n) is 9.63. The third kappa shape index (κ3) is 13.9. The summed E-state index contributed by atoms with van der Waals surface area (Å²) in [4.78, 5) is 72.9. The number of ketones is 3. The smallest absolute Gasteiger partial charge is 0.329 e. The average Bonchev–Trinajstić information content (AvgIpc) is 3.32. The van der Waals surface area contributed by atoms with Crippen molar-refractivity contribution in [1.29, 1.82) is 0 Å². The van der Waals surface area contributed by atoms with Crippen LogP contribution in [-0.4, -0.2) is 132 Å². The fraction of sp³-hybridized carbons (Fsp3) is 0.750. The first kappa shape index (κ1) is 43.9. The number of esters is 1. The van der Waals surface area contributed by atoms with Gasteiger partial charge in [-0.25, -0.2) is 4.79 Å². The highest BCUT2D eigenvalue weighted by atomic mass is 16.6. The van der Waals surface area contributed by atoms with E-state index in [9.17, 15) is 40.7 Å². The molecule has 0 radical (unpaired) electrons. The third-order valence-corrected chi connectivity index (χ3v) is 14.5. The predicted molar refractivity (Wildman–Crippen MR) is 250 cm³/mol. The van der Waals surface area contributed by atoms with Gasteiger partial charge >= 0.3 is 5.97 Å². The molecule has 4 rings (SSSR count). The summed E-state index contributed by atoms with van der Waals surface area (Å²) in [7, 11) is -0.248. The number of cyclic esters (lactones) is 1. The van der Waals surface area contributed by atoms with Crippen LogP contribution in [0.25, 0.3) is 0 Å². The summed E-state index contributed by atoms with van der Waals surface area (Å²) in [5, 5.41) is 34.2. The van der Waals surface area contributed by atoms with Gasteiger partial charge in [-0.05, 0) is 106 Å². The van der Waals surface area contributed by atoms with Gasteiger partial charge in [-0.15, -0.1) is 0 Å². The molecule has 3 fully saturated rings. The molecule has 4 aliphatic rings. The number of carbonyl (C=O) groups excluding carboxylic acids is 5. The summed E-state index contributed by atoms with van der Waals surface area (Å²) in [5.41, 5.74) is 0.287. The molecule has 3 aliphatic heterocycles. The van der Waals surface area contributed by atoms with Crippen LogP contribution in [-0.2, 0) is 47.7 Å². The van der Waals surface area contributed by atoms with Crippen LogP contribution < -0.4 is 0 Å². The van der Waals surface area contributed by atoms with Crippen LogP contribution >= 0.6 is 0 Å². The number of rotatable bonds is 6. The lowest BCUT2D eigenvalue weighted by Crippen LogP contribution is -2.61. The number of nitrogens with zero attached hydrogens (tertiary/aromatic N) is 1. The molecule has 0 spiro atoms. The maximum Gasteiger partial charge on any atom is 0.329 e. The van der Waals surface area contributed by atoms with Crippen molar-refractivity contribution in [1.82, 2.24) is 4.90 Å². The second-order valence-corrected chi connectivity index (χ2v) is 19.1. The topological polar surface area (TPSA) is 195 Å². The molecule has 1 aliphatic carbocycles. The van der Waals surface area contributed by atoms with Gasteiger partial charge in [-0.3, -0.25) is 19.2 Å². The standard InChI is InChI=1S/C52H81NO13/c1-30-17-13-12-14-18-31(2)43(62-9)28-39-22-20-35(6)52(61,66-39)49(58)50(59)53-24-16-15-19-40(53)51(60)65-44(33(4)26-38-21-23-41(54)45(27-38)63-10)29-42(55)32(3)25-34(5)46(56)48(64-11)47(57)37(8)36(30)7/h12-14,17-18,25,30,32-33,35-41,43-46,48,54,56,61H,15-16,19-24,26-29H2,1-11H3/b14-12+,17-13+,31-18+,34-25+/t30-,32-,33-,35-,36?,37-,38+,39+,40+,41-,43+,44+,45-,46-,48-,52-/m1/s1/i3D3,9D3,30D,36D. The summed E-state index contributed by atoms with van der Waals surface area (Å²) in [6, 6.07) is -1.37. The lowest BCUT2D eigenvalue weighted by molar-refractivity contribution is -0.265. The first-order valence-corrected chi connectivity index (χ1v) is 23.5. The molecule has 1 amide bonds. The number of allylic oxidation sites excluding steroid dienone is 6. The van der Waals surface area contributed by atoms with E-state index in [1.54, 1.807) is 26.0 Å². The minimum absolute atomic E-state index is 0.0422. The Morgan fingerprint density at radius 1 is 0.924 bits per heavy atom. The van der Waals surface area contributed by atoms with E-state index >= 15 is 0 Å². The van der Waals surface area contributed by atoms with Crippen LogP contribution in [0.15, 0.2) is 47.6 Å². The number of piperidine rings is 1. The molecule has 1 unspecified atom stereocenters. The van der Waals surface area contributed by atoms with Crippen LogP contribution in [0.3, 0.4) is 0 Å². The molecule has 0 aromatic heterocycles. The number of hydrogen-bond donors (Lipinski definition) is 3. The van der Waals surface area contributed by atoms with E-state index in [1.165, 1.54) is 60.0 Å². The second-order valence-electron chi connectivity index (χ2n) is 19.1. The molecule has 1 saturated carbocycles. The lowest BCUT2D eigenvalue weighted by Gasteiger charge is -2.42. The summed E-state index contributed by atoms with van der Waals surface area (Å²) in [5.74, 6) is -16.3. The SMILES string of the molecule is [2H]C([2H])([2H])O[C@H]1C[C@@H]2CC[C@@H](C)[C@@](O)(O2)C(=O)C(=O)N2CCCC[C@H]2C(=O)O[C@H]([C@H](C)C[C@@H]2CC[C@@H](O)[C@H](OC)C2)CC(=O)[C@H](C([2H])([2H])[2H])/C=C(\C)[C@@H](O)[C@@H](OC)C(=O)[C@H](C)C([2H])(C)[C@]([2H])(C)/C=C/C=C/C=C/1C. The monoisotopic (exact) mass is 936 g/mol. The molecule has 0 aromatic rings. The minimum Gasteiger partial charge on any atom is -0.460 e. The zero-order chi connectivity index (χ0) is 55.9. The van der Waals surface area contributed by atoms with E-state index in [0.717, 1.165) is 18.1 Å². The van der Waals surface area contributed by atoms with Crippen molar-refractivity contribution in [3.63, 3.8) is 0 Å². The highest BCUT2D eigenvalue weighted by Crippen LogP contribution is 2.38. The molecule has 3 heterocycles. The van der Waals surface area contributed by atoms with Gasteiger partial charge in [-0.1, -0.05) is 77.9 Å². The van der Waals surface area contributed by atoms with Crippen molar-refractivity contribution in [2.45, 2.75) is 181 Å². The van der Waals surface area contributed by atoms with E-state index in [1.807, 2.05) is 0 Å². The maximum absolute atomic E-state index is 14.5. The highest BCUT2D eigenvalue weighted by Gasteiger charge is 2.53. The second kappa shape index (κ2) is 25.3. The number of aliphatic hydroxyl groups excluding tert-OH is 2. The molecule has 2 bridgehead atoms. The third-order valence-electron chi connectivity index (χ3n) is 14.5. The van der Waals surface area contributed by atoms with Gasteiger partial charge in [0, 0.05) is 65.3 Å². The Balaban J connectivity index is 1.85. The summed E-state index contributed by atoms with van der Waals surface area (Å²) in [6.45, 7) is 7.31. The normalized spacial score (nSPS) is 45.5. The number of methoxy groups -OCH3 is 3. The summed E-state index contributed by atoms with van der Waals surface area (Å²) < 4.78 is 96.2. The van der Waals surface area contributed by atoms with Crippen molar-refractivity contribution in [2.24, 2.45) is 41.4 Å². The molecule has 2 saturated heterocycles. The Morgan fingerprint density at radius 3 is 2.35 bits per heavy atom. The molecule has 16 atom stereocenters. The average molecular weight is 936 g/mol. The molecule has 14 heteroatoms. The number of carbonyl (C=O) groups is 5. The Labute approximate surface area is 404 Å². The number of hydrogen-bond acceptors (Lipinski definition) is 13. The number of aliphatic hydroxyl groups is 3. The Kier molecular flexibility index (Phi) is 16.8. The first-order valence-electron chi connectivity index (χ1n) is 27.5. The van der Waals surface area contributed by atoms with Crippen LogP contribution in [0.4, 0.5) is 0 Å². The van der Waals surface area contributed by atoms with Crippen molar-refractivity contribution < 1.29 is 73.9 Å². The number of amides is 1. The van der Waals surface area contributed by atoms with Crippen molar-refractivity contribution in [3.8, 4) is 0 Å². The maximum atomic E-state index is 14.5. The molecule has 372 valence electrons. The van der Waals surface area contributed by atoms with Gasteiger partial charge < -0.3 is 43.9 Å². The zero-order valence-corrected chi connectivity index (χ0v) is 40.3. The van der Waals surface area contributed by atoms with Crippen molar-refractivity contribution >= 4 is 29.2 Å².